The van der Waals surface area contributed by atoms with E-state index >= 15 is 0 Å². The lowest BCUT2D eigenvalue weighted by molar-refractivity contribution is 0.208. The molecule has 1 fully saturated rings. The van der Waals surface area contributed by atoms with E-state index in [0.29, 0.717) is 17.1 Å². The molecular formula is C19H24N6O2. The van der Waals surface area contributed by atoms with E-state index in [1.54, 1.807) is 0 Å². The van der Waals surface area contributed by atoms with E-state index in [4.69, 9.17) is 15.9 Å². The number of amides is 2. The minimum Gasteiger partial charge on any atom is -0.473 e. The van der Waals surface area contributed by atoms with Gasteiger partial charge >= 0.3 is 6.03 Å². The Morgan fingerprint density at radius 1 is 1.41 bits per heavy atom. The average Bonchev–Trinajstić information content (AvgIpc) is 3.15. The Bertz CT molecular complexity index is 805. The van der Waals surface area contributed by atoms with Crippen LogP contribution in [0, 0.1) is 5.41 Å². The zero-order valence-corrected chi connectivity index (χ0v) is 15.2. The molecule has 1 saturated heterocycles. The highest BCUT2D eigenvalue weighted by Gasteiger charge is 2.19. The minimum absolute atomic E-state index is 0.0117. The van der Waals surface area contributed by atoms with Crippen molar-refractivity contribution >= 4 is 23.4 Å². The number of pyridine rings is 1. The summed E-state index contributed by atoms with van der Waals surface area (Å²) in [6.45, 7) is 3.50. The van der Waals surface area contributed by atoms with E-state index in [1.807, 2.05) is 37.3 Å². The highest BCUT2D eigenvalue weighted by atomic mass is 16.5. The number of hydrogen-bond donors (Lipinski definition) is 5. The summed E-state index contributed by atoms with van der Waals surface area (Å²) in [5.74, 6) is 0.298. The number of anilines is 2. The second-order valence-electron chi connectivity index (χ2n) is 6.45. The number of nitrogens with zero attached hydrogens (tertiary/aromatic N) is 1. The Labute approximate surface area is 158 Å². The molecule has 1 aromatic heterocycles. The molecule has 0 saturated carbocycles. The van der Waals surface area contributed by atoms with Crippen LogP contribution in [0.4, 0.5) is 16.3 Å². The first-order valence-electron chi connectivity index (χ1n) is 8.87. The van der Waals surface area contributed by atoms with Crippen molar-refractivity contribution in [3.8, 4) is 0 Å². The van der Waals surface area contributed by atoms with Gasteiger partial charge in [-0.2, -0.15) is 0 Å². The maximum atomic E-state index is 12.2. The van der Waals surface area contributed by atoms with Crippen molar-refractivity contribution in [2.75, 3.05) is 24.1 Å². The Morgan fingerprint density at radius 3 is 2.85 bits per heavy atom. The maximum absolute atomic E-state index is 12.2. The molecule has 0 spiro atoms. The molecule has 1 aliphatic heterocycles. The molecular weight excluding hydrogens is 344 g/mol. The molecule has 8 heteroatoms. The third-order valence-corrected chi connectivity index (χ3v) is 4.37. The fourth-order valence-corrected chi connectivity index (χ4v) is 2.86. The fraction of sp³-hybridized carbons (Fsp3) is 0.316. The van der Waals surface area contributed by atoms with Gasteiger partial charge in [0.2, 0.25) is 5.90 Å². The molecule has 142 valence electrons. The summed E-state index contributed by atoms with van der Waals surface area (Å²) in [6, 6.07) is 10.7. The number of carbonyl (C=O) groups is 1. The van der Waals surface area contributed by atoms with Crippen LogP contribution in [0.5, 0.6) is 0 Å². The number of aromatic nitrogens is 1. The molecule has 6 N–H and O–H groups in total. The van der Waals surface area contributed by atoms with Crippen LogP contribution in [0.3, 0.4) is 0 Å². The molecule has 0 aliphatic carbocycles. The van der Waals surface area contributed by atoms with Gasteiger partial charge in [-0.05, 0) is 25.5 Å². The lowest BCUT2D eigenvalue weighted by Gasteiger charge is -2.16. The molecule has 1 aliphatic rings. The number of hydrogen-bond acceptors (Lipinski definition) is 6. The number of carbonyl (C=O) groups excluding carboxylic acids is 1. The first kappa shape index (κ1) is 18.7. The van der Waals surface area contributed by atoms with Crippen molar-refractivity contribution in [2.45, 2.75) is 25.5 Å². The van der Waals surface area contributed by atoms with Gasteiger partial charge in [-0.1, -0.05) is 30.3 Å². The lowest BCUT2D eigenvalue weighted by Crippen LogP contribution is -2.31. The van der Waals surface area contributed by atoms with Crippen LogP contribution in [-0.2, 0) is 4.74 Å². The third kappa shape index (κ3) is 4.95. The predicted octanol–water partition coefficient (Wildman–Crippen LogP) is 2.25. The largest absolute Gasteiger partial charge is 0.473 e. The molecule has 2 heterocycles. The van der Waals surface area contributed by atoms with Crippen LogP contribution in [0.25, 0.3) is 0 Å². The van der Waals surface area contributed by atoms with Crippen LogP contribution in [0.2, 0.25) is 0 Å². The summed E-state index contributed by atoms with van der Waals surface area (Å²) in [5, 5.41) is 16.7. The van der Waals surface area contributed by atoms with E-state index in [-0.39, 0.29) is 24.1 Å². The van der Waals surface area contributed by atoms with E-state index < -0.39 is 0 Å². The number of nitrogen functional groups attached to an aromatic ring is 1. The van der Waals surface area contributed by atoms with Crippen LogP contribution < -0.4 is 21.7 Å². The number of nitrogens with one attached hydrogen (secondary N) is 4. The summed E-state index contributed by atoms with van der Waals surface area (Å²) in [7, 11) is 0. The maximum Gasteiger partial charge on any atom is 0.320 e. The summed E-state index contributed by atoms with van der Waals surface area (Å²) in [6.07, 6.45) is 2.27. The summed E-state index contributed by atoms with van der Waals surface area (Å²) >= 11 is 0. The van der Waals surface area contributed by atoms with Crippen molar-refractivity contribution in [3.05, 3.63) is 53.7 Å². The Hall–Kier alpha value is -3.13. The first-order valence-corrected chi connectivity index (χ1v) is 8.87. The normalized spacial score (nSPS) is 17.1. The van der Waals surface area contributed by atoms with Gasteiger partial charge < -0.3 is 21.1 Å². The highest BCUT2D eigenvalue weighted by Crippen LogP contribution is 2.18. The number of rotatable bonds is 5. The van der Waals surface area contributed by atoms with Crippen LogP contribution >= 0.6 is 0 Å². The molecule has 27 heavy (non-hydrogen) atoms. The Balaban J connectivity index is 1.58. The number of benzene rings is 1. The lowest BCUT2D eigenvalue weighted by atomic mass is 10.1. The van der Waals surface area contributed by atoms with Gasteiger partial charge in [0.15, 0.2) is 0 Å². The fourth-order valence-electron chi connectivity index (χ4n) is 2.86. The van der Waals surface area contributed by atoms with Crippen molar-refractivity contribution in [3.63, 3.8) is 0 Å². The molecule has 2 aromatic rings. The molecule has 2 atom stereocenters. The van der Waals surface area contributed by atoms with E-state index in [0.717, 1.165) is 25.1 Å². The highest BCUT2D eigenvalue weighted by molar-refractivity contribution is 5.98. The Kier molecular flexibility index (Phi) is 5.87. The molecule has 3 rings (SSSR count). The summed E-state index contributed by atoms with van der Waals surface area (Å²) in [4.78, 5) is 16.3. The smallest absolute Gasteiger partial charge is 0.320 e. The van der Waals surface area contributed by atoms with Crippen molar-refractivity contribution in [1.82, 2.24) is 15.6 Å². The molecule has 8 nitrogen and oxygen atoms in total. The van der Waals surface area contributed by atoms with Gasteiger partial charge in [0, 0.05) is 24.5 Å². The summed E-state index contributed by atoms with van der Waals surface area (Å²) < 4.78 is 5.60. The van der Waals surface area contributed by atoms with Gasteiger partial charge in [0.1, 0.15) is 11.9 Å². The van der Waals surface area contributed by atoms with Gasteiger partial charge in [-0.15, -0.1) is 0 Å². The molecule has 1 unspecified atom stereocenters. The third-order valence-electron chi connectivity index (χ3n) is 4.37. The minimum atomic E-state index is -0.380. The molecule has 0 radical (unpaired) electrons. The van der Waals surface area contributed by atoms with Gasteiger partial charge in [0.05, 0.1) is 11.6 Å². The average molecular weight is 368 g/mol. The van der Waals surface area contributed by atoms with Gasteiger partial charge in [0.25, 0.3) is 0 Å². The number of ether oxygens (including phenoxy) is 1. The first-order chi connectivity index (χ1) is 13.0. The van der Waals surface area contributed by atoms with Crippen molar-refractivity contribution in [1.29, 1.82) is 5.41 Å². The quantitative estimate of drug-likeness (QED) is 0.409. The van der Waals surface area contributed by atoms with Crippen LogP contribution in [-0.4, -0.2) is 36.1 Å². The zero-order valence-electron chi connectivity index (χ0n) is 15.2. The number of nitrogens with two attached hydrogens (primary N) is 1. The van der Waals surface area contributed by atoms with E-state index in [9.17, 15) is 4.79 Å². The van der Waals surface area contributed by atoms with Crippen molar-refractivity contribution in [2.24, 2.45) is 0 Å². The van der Waals surface area contributed by atoms with Crippen molar-refractivity contribution < 1.29 is 9.53 Å². The molecule has 0 bridgehead atoms. The topological polar surface area (TPSA) is 125 Å². The summed E-state index contributed by atoms with van der Waals surface area (Å²) in [5.41, 5.74) is 7.75. The predicted molar refractivity (Wildman–Crippen MR) is 105 cm³/mol. The molecule has 1 aromatic carbocycles. The van der Waals surface area contributed by atoms with Crippen LogP contribution in [0.15, 0.2) is 42.6 Å². The standard InChI is InChI=1S/C19H24N6O2/c1-12(13-5-3-2-4-6-13)24-19(26)25-17-9-16(20)15(11-23-17)18(21)27-14-7-8-22-10-14/h2-6,9,11-12,14,21-22H,7-8,10H2,1H3,(H4,20,23,24,25,26)/t12-,14?/m1/s1. The second kappa shape index (κ2) is 8.50. The SMILES string of the molecule is C[C@@H](NC(=O)Nc1cc(N)c(C(=N)OC2CCNC2)cn1)c1ccccc1. The van der Waals surface area contributed by atoms with Crippen LogP contribution in [0.1, 0.15) is 30.5 Å². The zero-order chi connectivity index (χ0) is 19.2. The Morgan fingerprint density at radius 2 is 2.19 bits per heavy atom. The van der Waals surface area contributed by atoms with Gasteiger partial charge in [-0.25, -0.2) is 9.78 Å². The molecule has 2 amide bonds. The number of urea groups is 1. The van der Waals surface area contributed by atoms with E-state index in [1.165, 1.54) is 12.3 Å². The van der Waals surface area contributed by atoms with E-state index in [2.05, 4.69) is 20.9 Å². The van der Waals surface area contributed by atoms with Gasteiger partial charge in [-0.3, -0.25) is 10.7 Å². The monoisotopic (exact) mass is 368 g/mol. The second-order valence-corrected chi connectivity index (χ2v) is 6.45.